The van der Waals surface area contributed by atoms with Gasteiger partial charge in [-0.15, -0.1) is 0 Å². The minimum Gasteiger partial charge on any atom is -0.457 e. The molecule has 0 unspecified atom stereocenters. The maximum absolute atomic E-state index is 11.9. The van der Waals surface area contributed by atoms with E-state index >= 15 is 0 Å². The van der Waals surface area contributed by atoms with Gasteiger partial charge in [0.15, 0.2) is 6.61 Å². The van der Waals surface area contributed by atoms with Crippen LogP contribution in [0, 0.1) is 6.92 Å². The predicted octanol–water partition coefficient (Wildman–Crippen LogP) is 3.98. The van der Waals surface area contributed by atoms with Gasteiger partial charge in [0, 0.05) is 18.1 Å². The molecular formula is C21H18N2O4. The number of ether oxygens (including phenoxy) is 2. The van der Waals surface area contributed by atoms with Crippen LogP contribution in [0.25, 0.3) is 0 Å². The molecule has 0 fully saturated rings. The molecule has 0 bridgehead atoms. The Kier molecular flexibility index (Phi) is 5.79. The molecule has 0 spiro atoms. The Balaban J connectivity index is 1.49. The molecular weight excluding hydrogens is 344 g/mol. The van der Waals surface area contributed by atoms with Gasteiger partial charge in [-0.25, -0.2) is 4.79 Å². The van der Waals surface area contributed by atoms with Crippen LogP contribution in [-0.4, -0.2) is 23.5 Å². The Morgan fingerprint density at radius 1 is 0.889 bits per heavy atom. The molecule has 3 rings (SSSR count). The Morgan fingerprint density at radius 3 is 2.11 bits per heavy atom. The highest BCUT2D eigenvalue weighted by molar-refractivity contribution is 5.95. The zero-order chi connectivity index (χ0) is 19.1. The van der Waals surface area contributed by atoms with Crippen molar-refractivity contribution in [2.45, 2.75) is 6.92 Å². The van der Waals surface area contributed by atoms with Gasteiger partial charge in [0.2, 0.25) is 0 Å². The van der Waals surface area contributed by atoms with E-state index in [9.17, 15) is 9.59 Å². The number of amides is 1. The minimum absolute atomic E-state index is 0.343. The molecule has 0 atom stereocenters. The van der Waals surface area contributed by atoms with Crippen LogP contribution in [0.3, 0.4) is 0 Å². The molecule has 0 saturated carbocycles. The van der Waals surface area contributed by atoms with Crippen LogP contribution in [0.4, 0.5) is 5.69 Å². The number of carbonyl (C=O) groups is 2. The third kappa shape index (κ3) is 5.40. The lowest BCUT2D eigenvalue weighted by molar-refractivity contribution is -0.119. The monoisotopic (exact) mass is 362 g/mol. The zero-order valence-electron chi connectivity index (χ0n) is 14.7. The number of benzene rings is 2. The molecule has 6 heteroatoms. The number of aromatic nitrogens is 1. The number of nitrogens with zero attached hydrogens (tertiary/aromatic N) is 1. The first-order valence-electron chi connectivity index (χ1n) is 8.32. The number of hydrogen-bond donors (Lipinski definition) is 1. The molecule has 27 heavy (non-hydrogen) atoms. The van der Waals surface area contributed by atoms with Crippen LogP contribution in [0.15, 0.2) is 73.1 Å². The average Bonchev–Trinajstić information content (AvgIpc) is 2.70. The summed E-state index contributed by atoms with van der Waals surface area (Å²) in [4.78, 5) is 27.5. The Labute approximate surface area is 156 Å². The third-order valence-electron chi connectivity index (χ3n) is 3.65. The van der Waals surface area contributed by atoms with Crippen LogP contribution in [-0.2, 0) is 9.53 Å². The molecule has 1 N–H and O–H groups in total. The summed E-state index contributed by atoms with van der Waals surface area (Å²) in [7, 11) is 0. The summed E-state index contributed by atoms with van der Waals surface area (Å²) in [5.74, 6) is 0.389. The molecule has 0 saturated heterocycles. The lowest BCUT2D eigenvalue weighted by atomic mass is 10.2. The summed E-state index contributed by atoms with van der Waals surface area (Å²) in [6.45, 7) is 1.64. The molecule has 0 aliphatic rings. The molecule has 1 amide bonds. The first-order valence-corrected chi connectivity index (χ1v) is 8.32. The quantitative estimate of drug-likeness (QED) is 0.671. The first-order chi connectivity index (χ1) is 13.1. The van der Waals surface area contributed by atoms with Gasteiger partial charge in [-0.2, -0.15) is 0 Å². The molecule has 0 aliphatic carbocycles. The number of pyridine rings is 1. The molecule has 1 heterocycles. The molecule has 6 nitrogen and oxygen atoms in total. The fourth-order valence-corrected chi connectivity index (χ4v) is 2.25. The third-order valence-corrected chi connectivity index (χ3v) is 3.65. The first kappa shape index (κ1) is 18.1. The highest BCUT2D eigenvalue weighted by atomic mass is 16.5. The summed E-state index contributed by atoms with van der Waals surface area (Å²) < 4.78 is 10.7. The smallest absolute Gasteiger partial charge is 0.338 e. The number of anilines is 1. The Bertz CT molecular complexity index is 907. The van der Waals surface area contributed by atoms with Crippen molar-refractivity contribution in [3.63, 3.8) is 0 Å². The van der Waals surface area contributed by atoms with E-state index in [1.807, 2.05) is 31.2 Å². The number of carbonyl (C=O) groups excluding carboxylic acids is 2. The lowest BCUT2D eigenvalue weighted by Crippen LogP contribution is -2.20. The maximum Gasteiger partial charge on any atom is 0.338 e. The number of aryl methyl sites for hydroxylation is 1. The van der Waals surface area contributed by atoms with Gasteiger partial charge in [0.25, 0.3) is 5.91 Å². The number of esters is 1. The standard InChI is InChI=1S/C21H18N2O4/c1-15-2-6-18(7-3-15)27-19-8-4-17(5-9-19)23-20(24)14-26-21(25)16-10-12-22-13-11-16/h2-13H,14H2,1H3,(H,23,24). The van der Waals surface area contributed by atoms with E-state index in [1.54, 1.807) is 24.3 Å². The number of nitrogens with one attached hydrogen (secondary N) is 1. The zero-order valence-corrected chi connectivity index (χ0v) is 14.7. The van der Waals surface area contributed by atoms with Gasteiger partial charge in [0.1, 0.15) is 11.5 Å². The molecule has 0 radical (unpaired) electrons. The van der Waals surface area contributed by atoms with Gasteiger partial charge in [-0.3, -0.25) is 9.78 Å². The normalized spacial score (nSPS) is 10.1. The number of hydrogen-bond acceptors (Lipinski definition) is 5. The summed E-state index contributed by atoms with van der Waals surface area (Å²) in [5.41, 5.74) is 2.08. The fraction of sp³-hybridized carbons (Fsp3) is 0.0952. The van der Waals surface area contributed by atoms with E-state index in [4.69, 9.17) is 9.47 Å². The fourth-order valence-electron chi connectivity index (χ4n) is 2.25. The van der Waals surface area contributed by atoms with E-state index in [0.29, 0.717) is 17.0 Å². The second-order valence-corrected chi connectivity index (χ2v) is 5.80. The van der Waals surface area contributed by atoms with Crippen molar-refractivity contribution in [2.24, 2.45) is 0 Å². The van der Waals surface area contributed by atoms with Crippen molar-refractivity contribution in [3.8, 4) is 11.5 Å². The number of rotatable bonds is 6. The molecule has 2 aromatic carbocycles. The van der Waals surface area contributed by atoms with Crippen molar-refractivity contribution in [2.75, 3.05) is 11.9 Å². The van der Waals surface area contributed by atoms with E-state index in [-0.39, 0.29) is 6.61 Å². The van der Waals surface area contributed by atoms with Crippen LogP contribution < -0.4 is 10.1 Å². The second-order valence-electron chi connectivity index (χ2n) is 5.80. The second kappa shape index (κ2) is 8.62. The lowest BCUT2D eigenvalue weighted by Gasteiger charge is -2.09. The minimum atomic E-state index is -0.575. The van der Waals surface area contributed by atoms with Crippen molar-refractivity contribution in [1.29, 1.82) is 0 Å². The maximum atomic E-state index is 11.9. The Hall–Kier alpha value is -3.67. The van der Waals surface area contributed by atoms with Gasteiger partial charge in [-0.05, 0) is 55.5 Å². The summed E-state index contributed by atoms with van der Waals surface area (Å²) in [6, 6.07) is 17.7. The predicted molar refractivity (Wildman–Crippen MR) is 101 cm³/mol. The van der Waals surface area contributed by atoms with Crippen LogP contribution in [0.2, 0.25) is 0 Å². The summed E-state index contributed by atoms with van der Waals surface area (Å²) in [6.07, 6.45) is 2.97. The van der Waals surface area contributed by atoms with E-state index < -0.39 is 11.9 Å². The van der Waals surface area contributed by atoms with Crippen molar-refractivity contribution in [1.82, 2.24) is 4.98 Å². The SMILES string of the molecule is Cc1ccc(Oc2ccc(NC(=O)COC(=O)c3ccncc3)cc2)cc1. The molecule has 3 aromatic rings. The summed E-state index contributed by atoms with van der Waals surface area (Å²) >= 11 is 0. The van der Waals surface area contributed by atoms with Crippen LogP contribution in [0.1, 0.15) is 15.9 Å². The largest absolute Gasteiger partial charge is 0.457 e. The van der Waals surface area contributed by atoms with Gasteiger partial charge < -0.3 is 14.8 Å². The molecule has 136 valence electrons. The van der Waals surface area contributed by atoms with Crippen LogP contribution in [0.5, 0.6) is 11.5 Å². The highest BCUT2D eigenvalue weighted by Gasteiger charge is 2.10. The average molecular weight is 362 g/mol. The van der Waals surface area contributed by atoms with Gasteiger partial charge >= 0.3 is 5.97 Å². The van der Waals surface area contributed by atoms with Crippen LogP contribution >= 0.6 is 0 Å². The van der Waals surface area contributed by atoms with E-state index in [2.05, 4.69) is 10.3 Å². The van der Waals surface area contributed by atoms with Crippen molar-refractivity contribution in [3.05, 3.63) is 84.2 Å². The highest BCUT2D eigenvalue weighted by Crippen LogP contribution is 2.23. The Morgan fingerprint density at radius 2 is 1.48 bits per heavy atom. The van der Waals surface area contributed by atoms with E-state index in [0.717, 1.165) is 11.3 Å². The summed E-state index contributed by atoms with van der Waals surface area (Å²) in [5, 5.41) is 2.66. The van der Waals surface area contributed by atoms with Crippen molar-refractivity contribution < 1.29 is 19.1 Å². The topological polar surface area (TPSA) is 77.5 Å². The van der Waals surface area contributed by atoms with Gasteiger partial charge in [0.05, 0.1) is 5.56 Å². The van der Waals surface area contributed by atoms with E-state index in [1.165, 1.54) is 24.5 Å². The van der Waals surface area contributed by atoms with Crippen molar-refractivity contribution >= 4 is 17.6 Å². The molecule has 1 aromatic heterocycles. The van der Waals surface area contributed by atoms with Gasteiger partial charge in [-0.1, -0.05) is 17.7 Å². The molecule has 0 aliphatic heterocycles.